The van der Waals surface area contributed by atoms with Crippen LogP contribution in [0.2, 0.25) is 13.1 Å². The number of hydrogen-bond acceptors (Lipinski definition) is 3. The third-order valence-electron chi connectivity index (χ3n) is 6.97. The van der Waals surface area contributed by atoms with E-state index in [1.165, 1.54) is 24.8 Å². The minimum absolute atomic E-state index is 0.0131. The molecule has 1 unspecified atom stereocenters. The molecular weight excluding hydrogens is 390 g/mol. The monoisotopic (exact) mass is 430 g/mol. The second kappa shape index (κ2) is 9.97. The summed E-state index contributed by atoms with van der Waals surface area (Å²) in [6, 6.07) is 10.3. The average molecular weight is 431 g/mol. The highest BCUT2D eigenvalue weighted by molar-refractivity contribution is 6.48. The quantitative estimate of drug-likeness (QED) is 0.587. The zero-order valence-corrected chi connectivity index (χ0v) is 20.4. The molecule has 1 aromatic rings. The van der Waals surface area contributed by atoms with Gasteiger partial charge >= 0.3 is 5.97 Å². The van der Waals surface area contributed by atoms with Crippen molar-refractivity contribution in [3.05, 3.63) is 35.9 Å². The molecule has 4 nitrogen and oxygen atoms in total. The Morgan fingerprint density at radius 3 is 2.27 bits per heavy atom. The first-order valence-corrected chi connectivity index (χ1v) is 14.1. The Morgan fingerprint density at radius 2 is 1.73 bits per heavy atom. The van der Waals surface area contributed by atoms with Gasteiger partial charge in [0, 0.05) is 24.9 Å². The summed E-state index contributed by atoms with van der Waals surface area (Å²) < 4.78 is 6.61. The van der Waals surface area contributed by atoms with Gasteiger partial charge < -0.3 is 9.53 Å². The third kappa shape index (κ3) is 5.54. The number of hydrogen-bond donors (Lipinski definition) is 1. The fourth-order valence-corrected chi connectivity index (χ4v) is 6.75. The number of rotatable bonds is 7. The van der Waals surface area contributed by atoms with Gasteiger partial charge in [0.1, 0.15) is 6.04 Å². The van der Waals surface area contributed by atoms with Gasteiger partial charge in [0.15, 0.2) is 0 Å². The molecule has 1 heterocycles. The van der Waals surface area contributed by atoms with Gasteiger partial charge in [0.2, 0.25) is 9.04 Å². The van der Waals surface area contributed by atoms with Gasteiger partial charge in [-0.05, 0) is 42.8 Å². The highest BCUT2D eigenvalue weighted by Crippen LogP contribution is 2.44. The fraction of sp³-hybridized carbons (Fsp3) is 0.720. The Hall–Kier alpha value is -1.17. The van der Waals surface area contributed by atoms with E-state index in [-0.39, 0.29) is 23.5 Å². The number of carbonyl (C=O) groups is 1. The second-order valence-electron chi connectivity index (χ2n) is 10.6. The Labute approximate surface area is 184 Å². The van der Waals surface area contributed by atoms with Crippen LogP contribution < -0.4 is 0 Å². The molecule has 0 aromatic heterocycles. The summed E-state index contributed by atoms with van der Waals surface area (Å²) in [6.45, 7) is 12.8. The molecule has 2 fully saturated rings. The lowest BCUT2D eigenvalue weighted by Crippen LogP contribution is -2.47. The number of likely N-dealkylation sites (tertiary alicyclic amines) is 1. The molecule has 4 atom stereocenters. The van der Waals surface area contributed by atoms with Crippen molar-refractivity contribution >= 4 is 15.0 Å². The molecular formula is C25H40NO3Si. The molecule has 0 bridgehead atoms. The van der Waals surface area contributed by atoms with Crippen molar-refractivity contribution in [2.45, 2.75) is 84.0 Å². The minimum Gasteiger partial charge on any atom is -0.480 e. The van der Waals surface area contributed by atoms with Crippen molar-refractivity contribution in [3.63, 3.8) is 0 Å². The summed E-state index contributed by atoms with van der Waals surface area (Å²) in [5.74, 6) is 0.246. The van der Waals surface area contributed by atoms with Gasteiger partial charge in [-0.3, -0.25) is 9.69 Å². The first-order valence-electron chi connectivity index (χ1n) is 11.7. The SMILES string of the molecule is C[Si](C)OC([C@H]1CN([C@@H](C(=O)O)C2CCCCC2)C[C@@H]1c1ccccc1)C(C)(C)C. The van der Waals surface area contributed by atoms with Crippen molar-refractivity contribution in [1.82, 2.24) is 4.90 Å². The summed E-state index contributed by atoms with van der Waals surface area (Å²) in [6.07, 6.45) is 5.79. The van der Waals surface area contributed by atoms with E-state index in [1.807, 2.05) is 0 Å². The Bertz CT molecular complexity index is 681. The van der Waals surface area contributed by atoms with E-state index in [9.17, 15) is 9.90 Å². The first kappa shape index (κ1) is 23.5. The van der Waals surface area contributed by atoms with Crippen LogP contribution in [0.1, 0.15) is 64.4 Å². The van der Waals surface area contributed by atoms with Gasteiger partial charge in [0.25, 0.3) is 0 Å². The smallest absolute Gasteiger partial charge is 0.321 e. The van der Waals surface area contributed by atoms with E-state index < -0.39 is 15.0 Å². The number of carboxylic acid groups (broad SMARTS) is 1. The van der Waals surface area contributed by atoms with E-state index in [4.69, 9.17) is 4.43 Å². The highest BCUT2D eigenvalue weighted by Gasteiger charge is 2.48. The van der Waals surface area contributed by atoms with Crippen molar-refractivity contribution < 1.29 is 14.3 Å². The molecule has 5 heteroatoms. The standard InChI is InChI=1S/C25H40NO3Si/c1-25(2,3)23(29-30(4)5)21-17-26(16-20(21)18-12-8-6-9-13-18)22(24(27)28)19-14-10-7-11-15-19/h6,8-9,12-13,19-23H,7,10-11,14-17H2,1-5H3,(H,27,28)/t20-,21+,22-,23?/m1/s1. The van der Waals surface area contributed by atoms with Gasteiger partial charge in [-0.25, -0.2) is 0 Å². The normalized spacial score (nSPS) is 26.1. The molecule has 3 rings (SSSR count). The van der Waals surface area contributed by atoms with Crippen molar-refractivity contribution in [3.8, 4) is 0 Å². The molecule has 167 valence electrons. The molecule has 1 aliphatic heterocycles. The van der Waals surface area contributed by atoms with Crippen molar-refractivity contribution in [1.29, 1.82) is 0 Å². The lowest BCUT2D eigenvalue weighted by atomic mass is 9.75. The predicted molar refractivity (Wildman–Crippen MR) is 124 cm³/mol. The van der Waals surface area contributed by atoms with Gasteiger partial charge in [0.05, 0.1) is 6.10 Å². The summed E-state index contributed by atoms with van der Waals surface area (Å²) in [5, 5.41) is 10.2. The largest absolute Gasteiger partial charge is 0.480 e. The summed E-state index contributed by atoms with van der Waals surface area (Å²) >= 11 is 0. The second-order valence-corrected chi connectivity index (χ2v) is 12.7. The van der Waals surface area contributed by atoms with Crippen LogP contribution in [0.4, 0.5) is 0 Å². The first-order chi connectivity index (χ1) is 14.2. The van der Waals surface area contributed by atoms with E-state index in [0.717, 1.165) is 25.9 Å². The van der Waals surface area contributed by atoms with Crippen LogP contribution in [-0.2, 0) is 9.22 Å². The van der Waals surface area contributed by atoms with Crippen LogP contribution in [0.15, 0.2) is 30.3 Å². The van der Waals surface area contributed by atoms with Crippen LogP contribution >= 0.6 is 0 Å². The number of aliphatic carboxylic acids is 1. The fourth-order valence-electron chi connectivity index (χ4n) is 5.71. The van der Waals surface area contributed by atoms with Crippen molar-refractivity contribution in [2.24, 2.45) is 17.3 Å². The summed E-state index contributed by atoms with van der Waals surface area (Å²) in [7, 11) is -0.865. The molecule has 0 amide bonds. The number of benzene rings is 1. The zero-order chi connectivity index (χ0) is 21.9. The topological polar surface area (TPSA) is 49.8 Å². The Balaban J connectivity index is 1.93. The maximum Gasteiger partial charge on any atom is 0.321 e. The van der Waals surface area contributed by atoms with Crippen LogP contribution in [-0.4, -0.2) is 50.3 Å². The highest BCUT2D eigenvalue weighted by atomic mass is 28.3. The maximum atomic E-state index is 12.4. The lowest BCUT2D eigenvalue weighted by Gasteiger charge is -2.39. The molecule has 1 saturated heterocycles. The van der Waals surface area contributed by atoms with E-state index in [2.05, 4.69) is 69.1 Å². The van der Waals surface area contributed by atoms with E-state index >= 15 is 0 Å². The molecule has 0 spiro atoms. The van der Waals surface area contributed by atoms with Crippen LogP contribution in [0.25, 0.3) is 0 Å². The lowest BCUT2D eigenvalue weighted by molar-refractivity contribution is -0.145. The zero-order valence-electron chi connectivity index (χ0n) is 19.4. The molecule has 1 aromatic carbocycles. The van der Waals surface area contributed by atoms with Gasteiger partial charge in [-0.2, -0.15) is 0 Å². The van der Waals surface area contributed by atoms with E-state index in [0.29, 0.717) is 11.8 Å². The predicted octanol–water partition coefficient (Wildman–Crippen LogP) is 5.42. The molecule has 1 aliphatic carbocycles. The Kier molecular flexibility index (Phi) is 7.80. The van der Waals surface area contributed by atoms with Gasteiger partial charge in [-0.1, -0.05) is 70.4 Å². The summed E-state index contributed by atoms with van der Waals surface area (Å²) in [4.78, 5) is 14.7. The van der Waals surface area contributed by atoms with Crippen molar-refractivity contribution in [2.75, 3.05) is 13.1 Å². The van der Waals surface area contributed by atoms with Crippen LogP contribution in [0.3, 0.4) is 0 Å². The minimum atomic E-state index is -0.865. The molecule has 30 heavy (non-hydrogen) atoms. The van der Waals surface area contributed by atoms with Crippen LogP contribution in [0.5, 0.6) is 0 Å². The number of carboxylic acids is 1. The average Bonchev–Trinajstić information content (AvgIpc) is 3.10. The molecule has 1 radical (unpaired) electrons. The summed E-state index contributed by atoms with van der Waals surface area (Å²) in [5.41, 5.74) is 1.33. The van der Waals surface area contributed by atoms with Crippen LogP contribution in [0, 0.1) is 17.3 Å². The van der Waals surface area contributed by atoms with E-state index in [1.54, 1.807) is 0 Å². The van der Waals surface area contributed by atoms with Gasteiger partial charge in [-0.15, -0.1) is 0 Å². The number of nitrogens with zero attached hydrogens (tertiary/aromatic N) is 1. The molecule has 1 saturated carbocycles. The Morgan fingerprint density at radius 1 is 1.10 bits per heavy atom. The maximum absolute atomic E-state index is 12.4. The third-order valence-corrected chi connectivity index (χ3v) is 7.69. The molecule has 2 aliphatic rings. The molecule has 1 N–H and O–H groups in total.